The molecule has 2 aromatic heterocycles. The highest BCUT2D eigenvalue weighted by atomic mass is 35.5. The smallest absolute Gasteiger partial charge is 0.223 e. The van der Waals surface area contributed by atoms with Gasteiger partial charge in [0.15, 0.2) is 5.88 Å². The number of anilines is 1. The monoisotopic (exact) mass is 475 g/mol. The maximum Gasteiger partial charge on any atom is 0.223 e. The predicted octanol–water partition coefficient (Wildman–Crippen LogP) is 5.01. The number of aromatic nitrogens is 2. The van der Waals surface area contributed by atoms with Gasteiger partial charge in [-0.3, -0.25) is 9.78 Å². The molecule has 0 spiro atoms. The molecule has 0 bridgehead atoms. The highest BCUT2D eigenvalue weighted by Crippen LogP contribution is 2.35. The maximum atomic E-state index is 12.5. The van der Waals surface area contributed by atoms with Gasteiger partial charge in [0, 0.05) is 42.2 Å². The summed E-state index contributed by atoms with van der Waals surface area (Å²) in [6.45, 7) is 2.74. The SMILES string of the molecule is CC(=O)N(CCN(C)C)c1ccncc1N=C(c1ccccc1)c1c(O)[nH]c2cc(Cl)ccc12. The number of hydrogen-bond acceptors (Lipinski definition) is 5. The van der Waals surface area contributed by atoms with E-state index in [4.69, 9.17) is 16.6 Å². The Morgan fingerprint density at radius 1 is 1.12 bits per heavy atom. The van der Waals surface area contributed by atoms with E-state index in [9.17, 15) is 9.90 Å². The molecule has 0 radical (unpaired) electrons. The lowest BCUT2D eigenvalue weighted by molar-refractivity contribution is -0.116. The van der Waals surface area contributed by atoms with Crippen molar-refractivity contribution in [3.63, 3.8) is 0 Å². The van der Waals surface area contributed by atoms with E-state index in [1.807, 2.05) is 55.4 Å². The minimum atomic E-state index is -0.0876. The van der Waals surface area contributed by atoms with E-state index < -0.39 is 0 Å². The van der Waals surface area contributed by atoms with Gasteiger partial charge in [-0.2, -0.15) is 0 Å². The van der Waals surface area contributed by atoms with Crippen LogP contribution in [-0.2, 0) is 4.79 Å². The van der Waals surface area contributed by atoms with E-state index in [1.54, 1.807) is 35.5 Å². The lowest BCUT2D eigenvalue weighted by Gasteiger charge is -2.24. The van der Waals surface area contributed by atoms with E-state index in [0.29, 0.717) is 46.3 Å². The van der Waals surface area contributed by atoms with Crippen molar-refractivity contribution in [1.29, 1.82) is 0 Å². The third-order valence-electron chi connectivity index (χ3n) is 5.48. The molecule has 0 unspecified atom stereocenters. The van der Waals surface area contributed by atoms with Gasteiger partial charge in [0.1, 0.15) is 5.69 Å². The Hall–Kier alpha value is -3.68. The molecule has 0 aliphatic rings. The molecule has 1 amide bonds. The number of likely N-dealkylation sites (N-methyl/N-ethyl adjacent to an activating group) is 1. The summed E-state index contributed by atoms with van der Waals surface area (Å²) in [5.74, 6) is -0.100. The van der Waals surface area contributed by atoms with Gasteiger partial charge in [0.2, 0.25) is 5.91 Å². The fourth-order valence-corrected chi connectivity index (χ4v) is 3.99. The first-order valence-corrected chi connectivity index (χ1v) is 11.2. The molecule has 0 fully saturated rings. The van der Waals surface area contributed by atoms with Crippen LogP contribution in [0.15, 0.2) is 72.0 Å². The Morgan fingerprint density at radius 3 is 2.59 bits per heavy atom. The molecule has 0 atom stereocenters. The number of aromatic hydroxyl groups is 1. The van der Waals surface area contributed by atoms with E-state index in [2.05, 4.69) is 9.97 Å². The fourth-order valence-electron chi connectivity index (χ4n) is 3.82. The van der Waals surface area contributed by atoms with Crippen molar-refractivity contribution in [2.75, 3.05) is 32.1 Å². The van der Waals surface area contributed by atoms with Gasteiger partial charge in [-0.25, -0.2) is 4.99 Å². The summed E-state index contributed by atoms with van der Waals surface area (Å²) in [6.07, 6.45) is 3.28. The molecule has 0 saturated heterocycles. The lowest BCUT2D eigenvalue weighted by Crippen LogP contribution is -2.35. The summed E-state index contributed by atoms with van der Waals surface area (Å²) in [6, 6.07) is 16.8. The Bertz CT molecular complexity index is 1350. The van der Waals surface area contributed by atoms with Crippen LogP contribution < -0.4 is 4.90 Å². The molecule has 4 rings (SSSR count). The van der Waals surface area contributed by atoms with Crippen LogP contribution >= 0.6 is 11.6 Å². The number of carbonyl (C=O) groups excluding carboxylic acids is 1. The van der Waals surface area contributed by atoms with Crippen LogP contribution in [0.5, 0.6) is 5.88 Å². The van der Waals surface area contributed by atoms with Crippen LogP contribution in [-0.4, -0.2) is 58.8 Å². The number of amides is 1. The third kappa shape index (κ3) is 4.95. The number of carbonyl (C=O) groups is 1. The lowest BCUT2D eigenvalue weighted by atomic mass is 10.0. The highest BCUT2D eigenvalue weighted by molar-refractivity contribution is 6.31. The Kier molecular flexibility index (Phi) is 6.95. The van der Waals surface area contributed by atoms with Gasteiger partial charge in [-0.15, -0.1) is 0 Å². The minimum absolute atomic E-state index is 0.0126. The summed E-state index contributed by atoms with van der Waals surface area (Å²) >= 11 is 6.16. The zero-order valence-electron chi connectivity index (χ0n) is 19.3. The molecular formula is C26H26ClN5O2. The molecule has 2 aromatic carbocycles. The number of nitrogens with zero attached hydrogens (tertiary/aromatic N) is 4. The van der Waals surface area contributed by atoms with Crippen molar-refractivity contribution in [3.05, 3.63) is 83.1 Å². The second-order valence-corrected chi connectivity index (χ2v) is 8.64. The Balaban J connectivity index is 1.93. The van der Waals surface area contributed by atoms with Crippen LogP contribution in [0.4, 0.5) is 11.4 Å². The number of rotatable bonds is 7. The van der Waals surface area contributed by atoms with Crippen molar-refractivity contribution in [2.45, 2.75) is 6.92 Å². The van der Waals surface area contributed by atoms with Crippen molar-refractivity contribution in [2.24, 2.45) is 4.99 Å². The molecule has 0 aliphatic carbocycles. The van der Waals surface area contributed by atoms with E-state index in [-0.39, 0.29) is 11.8 Å². The number of fused-ring (bicyclic) bond motifs is 1. The van der Waals surface area contributed by atoms with E-state index >= 15 is 0 Å². The fraction of sp³-hybridized carbons (Fsp3) is 0.192. The predicted molar refractivity (Wildman–Crippen MR) is 138 cm³/mol. The number of H-pyrrole nitrogens is 1. The Morgan fingerprint density at radius 2 is 1.88 bits per heavy atom. The summed E-state index contributed by atoms with van der Waals surface area (Å²) < 4.78 is 0. The van der Waals surface area contributed by atoms with Crippen LogP contribution in [0, 0.1) is 0 Å². The normalized spacial score (nSPS) is 11.9. The van der Waals surface area contributed by atoms with Crippen LogP contribution in [0.2, 0.25) is 5.02 Å². The Labute approximate surface area is 203 Å². The van der Waals surface area contributed by atoms with E-state index in [1.165, 1.54) is 6.92 Å². The first kappa shape index (κ1) is 23.5. The molecule has 34 heavy (non-hydrogen) atoms. The van der Waals surface area contributed by atoms with Crippen LogP contribution in [0.1, 0.15) is 18.1 Å². The van der Waals surface area contributed by atoms with Crippen molar-refractivity contribution < 1.29 is 9.90 Å². The molecule has 2 N–H and O–H groups in total. The van der Waals surface area contributed by atoms with Gasteiger partial charge in [0.25, 0.3) is 0 Å². The molecule has 4 aromatic rings. The third-order valence-corrected chi connectivity index (χ3v) is 5.71. The number of benzene rings is 2. The topological polar surface area (TPSA) is 84.8 Å². The summed E-state index contributed by atoms with van der Waals surface area (Å²) in [5, 5.41) is 12.2. The van der Waals surface area contributed by atoms with Crippen molar-refractivity contribution in [1.82, 2.24) is 14.9 Å². The summed E-state index contributed by atoms with van der Waals surface area (Å²) in [7, 11) is 3.92. The largest absolute Gasteiger partial charge is 0.494 e. The number of hydrogen-bond donors (Lipinski definition) is 2. The number of nitrogens with one attached hydrogen (secondary N) is 1. The summed E-state index contributed by atoms with van der Waals surface area (Å²) in [5.41, 5.74) is 3.79. The molecule has 0 aliphatic heterocycles. The van der Waals surface area contributed by atoms with Gasteiger partial charge in [0.05, 0.1) is 28.7 Å². The minimum Gasteiger partial charge on any atom is -0.494 e. The number of aromatic amines is 1. The quantitative estimate of drug-likeness (QED) is 0.368. The standard InChI is InChI=1S/C26H26ClN5O2/c1-17(33)32(14-13-31(2)3)23-11-12-28-16-22(23)29-25(18-7-5-4-6-8-18)24-20-10-9-19(27)15-21(20)30-26(24)34/h4-12,15-16,30,34H,13-14H2,1-3H3. The zero-order chi connectivity index (χ0) is 24.2. The number of aliphatic imine (C=N–C) groups is 1. The molecule has 0 saturated carbocycles. The number of pyridine rings is 1. The summed E-state index contributed by atoms with van der Waals surface area (Å²) in [4.78, 5) is 28.5. The highest BCUT2D eigenvalue weighted by Gasteiger charge is 2.21. The second-order valence-electron chi connectivity index (χ2n) is 8.20. The second kappa shape index (κ2) is 10.1. The van der Waals surface area contributed by atoms with Crippen LogP contribution in [0.3, 0.4) is 0 Å². The molecule has 2 heterocycles. The maximum absolute atomic E-state index is 12.5. The van der Waals surface area contributed by atoms with Crippen LogP contribution in [0.25, 0.3) is 10.9 Å². The average Bonchev–Trinajstić information content (AvgIpc) is 3.13. The number of halogens is 1. The molecule has 7 nitrogen and oxygen atoms in total. The molecular weight excluding hydrogens is 450 g/mol. The van der Waals surface area contributed by atoms with Gasteiger partial charge in [-0.1, -0.05) is 48.0 Å². The molecule has 8 heteroatoms. The molecule has 174 valence electrons. The first-order chi connectivity index (χ1) is 16.3. The van der Waals surface area contributed by atoms with Crippen molar-refractivity contribution >= 4 is 45.5 Å². The van der Waals surface area contributed by atoms with E-state index in [0.717, 1.165) is 10.9 Å². The van der Waals surface area contributed by atoms with Crippen molar-refractivity contribution in [3.8, 4) is 5.88 Å². The van der Waals surface area contributed by atoms with Gasteiger partial charge >= 0.3 is 0 Å². The zero-order valence-corrected chi connectivity index (χ0v) is 20.0. The average molecular weight is 476 g/mol. The van der Waals surface area contributed by atoms with Gasteiger partial charge < -0.3 is 19.9 Å². The first-order valence-electron chi connectivity index (χ1n) is 10.9. The van der Waals surface area contributed by atoms with Gasteiger partial charge in [-0.05, 0) is 32.3 Å².